The van der Waals surface area contributed by atoms with E-state index in [0.717, 1.165) is 10.0 Å². The lowest BCUT2D eigenvalue weighted by Crippen LogP contribution is -2.15. The summed E-state index contributed by atoms with van der Waals surface area (Å²) in [6, 6.07) is 10.1. The van der Waals surface area contributed by atoms with E-state index in [0.29, 0.717) is 10.2 Å². The maximum Gasteiger partial charge on any atom is 0.263 e. The molecule has 20 heavy (non-hydrogen) atoms. The number of hydrogen-bond donors (Lipinski definition) is 2. The SMILES string of the molecule is Cc1ccc(Br)cc1NS(=O)(=O)c1cc(Br)ccc1N. The van der Waals surface area contributed by atoms with E-state index in [1.54, 1.807) is 18.2 Å². The van der Waals surface area contributed by atoms with Gasteiger partial charge in [0, 0.05) is 8.95 Å². The summed E-state index contributed by atoms with van der Waals surface area (Å²) >= 11 is 6.56. The summed E-state index contributed by atoms with van der Waals surface area (Å²) in [4.78, 5) is 0.0475. The Kier molecular flexibility index (Phi) is 4.41. The molecule has 106 valence electrons. The van der Waals surface area contributed by atoms with Crippen molar-refractivity contribution in [2.45, 2.75) is 11.8 Å². The van der Waals surface area contributed by atoms with E-state index in [4.69, 9.17) is 5.73 Å². The van der Waals surface area contributed by atoms with Gasteiger partial charge in [-0.05, 0) is 42.8 Å². The molecule has 0 amide bonds. The molecule has 0 atom stereocenters. The Bertz CT molecular complexity index is 761. The van der Waals surface area contributed by atoms with Crippen LogP contribution in [-0.2, 0) is 10.0 Å². The fourth-order valence-electron chi connectivity index (χ4n) is 1.64. The molecule has 0 unspecified atom stereocenters. The van der Waals surface area contributed by atoms with E-state index in [2.05, 4.69) is 36.6 Å². The molecule has 2 aromatic carbocycles. The van der Waals surface area contributed by atoms with Gasteiger partial charge in [0.2, 0.25) is 0 Å². The van der Waals surface area contributed by atoms with Crippen LogP contribution in [0.4, 0.5) is 11.4 Å². The molecule has 2 rings (SSSR count). The van der Waals surface area contributed by atoms with Crippen LogP contribution >= 0.6 is 31.9 Å². The Morgan fingerprint density at radius 2 is 1.65 bits per heavy atom. The minimum atomic E-state index is -3.73. The minimum Gasteiger partial charge on any atom is -0.398 e. The lowest BCUT2D eigenvalue weighted by molar-refractivity contribution is 0.601. The van der Waals surface area contributed by atoms with Crippen molar-refractivity contribution in [2.24, 2.45) is 0 Å². The highest BCUT2D eigenvalue weighted by molar-refractivity contribution is 9.10. The maximum atomic E-state index is 12.4. The normalized spacial score (nSPS) is 11.3. The van der Waals surface area contributed by atoms with Crippen molar-refractivity contribution in [2.75, 3.05) is 10.5 Å². The molecule has 0 saturated heterocycles. The first-order valence-electron chi connectivity index (χ1n) is 5.63. The predicted molar refractivity (Wildman–Crippen MR) is 88.2 cm³/mol. The summed E-state index contributed by atoms with van der Waals surface area (Å²) in [6.07, 6.45) is 0. The van der Waals surface area contributed by atoms with Gasteiger partial charge in [-0.2, -0.15) is 0 Å². The van der Waals surface area contributed by atoms with Crippen LogP contribution in [0.15, 0.2) is 50.2 Å². The van der Waals surface area contributed by atoms with Crippen LogP contribution in [0.3, 0.4) is 0 Å². The minimum absolute atomic E-state index is 0.0475. The highest BCUT2D eigenvalue weighted by Crippen LogP contribution is 2.27. The summed E-state index contributed by atoms with van der Waals surface area (Å²) in [5.74, 6) is 0. The zero-order chi connectivity index (χ0) is 14.9. The number of anilines is 2. The van der Waals surface area contributed by atoms with Crippen molar-refractivity contribution in [3.63, 3.8) is 0 Å². The van der Waals surface area contributed by atoms with Crippen molar-refractivity contribution in [1.82, 2.24) is 0 Å². The smallest absolute Gasteiger partial charge is 0.263 e. The summed E-state index contributed by atoms with van der Waals surface area (Å²) in [7, 11) is -3.73. The molecule has 0 bridgehead atoms. The first-order chi connectivity index (χ1) is 9.29. The number of hydrogen-bond acceptors (Lipinski definition) is 3. The largest absolute Gasteiger partial charge is 0.398 e. The van der Waals surface area contributed by atoms with Gasteiger partial charge in [-0.15, -0.1) is 0 Å². The van der Waals surface area contributed by atoms with Crippen LogP contribution in [0.1, 0.15) is 5.56 Å². The van der Waals surface area contributed by atoms with Crippen molar-refractivity contribution in [3.05, 3.63) is 50.9 Å². The first kappa shape index (κ1) is 15.3. The standard InChI is InChI=1S/C13H12Br2N2O2S/c1-8-2-3-9(14)6-12(8)17-20(18,19)13-7-10(15)4-5-11(13)16/h2-7,17H,16H2,1H3. The fraction of sp³-hybridized carbons (Fsp3) is 0.0769. The van der Waals surface area contributed by atoms with Gasteiger partial charge >= 0.3 is 0 Å². The topological polar surface area (TPSA) is 72.2 Å². The molecule has 4 nitrogen and oxygen atoms in total. The van der Waals surface area contributed by atoms with Crippen molar-refractivity contribution < 1.29 is 8.42 Å². The number of nitrogens with one attached hydrogen (secondary N) is 1. The van der Waals surface area contributed by atoms with Gasteiger partial charge in [0.25, 0.3) is 10.0 Å². The van der Waals surface area contributed by atoms with Crippen LogP contribution in [0.5, 0.6) is 0 Å². The van der Waals surface area contributed by atoms with Gasteiger partial charge in [0.05, 0.1) is 11.4 Å². The summed E-state index contributed by atoms with van der Waals surface area (Å²) in [5.41, 5.74) is 7.29. The number of sulfonamides is 1. The van der Waals surface area contributed by atoms with E-state index in [9.17, 15) is 8.42 Å². The molecule has 0 heterocycles. The first-order valence-corrected chi connectivity index (χ1v) is 8.70. The van der Waals surface area contributed by atoms with Crippen molar-refractivity contribution >= 4 is 53.3 Å². The second kappa shape index (κ2) is 5.75. The van der Waals surface area contributed by atoms with Crippen molar-refractivity contribution in [1.29, 1.82) is 0 Å². The van der Waals surface area contributed by atoms with Crippen LogP contribution in [0, 0.1) is 6.92 Å². The van der Waals surface area contributed by atoms with Crippen LogP contribution in [-0.4, -0.2) is 8.42 Å². The number of aryl methyl sites for hydroxylation is 1. The average molecular weight is 420 g/mol. The molecule has 0 saturated carbocycles. The van der Waals surface area contributed by atoms with E-state index in [-0.39, 0.29) is 10.6 Å². The zero-order valence-electron chi connectivity index (χ0n) is 10.5. The number of benzene rings is 2. The second-order valence-corrected chi connectivity index (χ2v) is 7.73. The monoisotopic (exact) mass is 418 g/mol. The number of nitrogen functional groups attached to an aromatic ring is 1. The molecule has 0 aliphatic carbocycles. The molecular formula is C13H12Br2N2O2S. The zero-order valence-corrected chi connectivity index (χ0v) is 14.5. The van der Waals surface area contributed by atoms with E-state index < -0.39 is 10.0 Å². The maximum absolute atomic E-state index is 12.4. The molecule has 0 spiro atoms. The molecule has 0 aliphatic heterocycles. The molecular weight excluding hydrogens is 408 g/mol. The Morgan fingerprint density at radius 3 is 2.35 bits per heavy atom. The molecule has 7 heteroatoms. The van der Waals surface area contributed by atoms with Gasteiger partial charge in [-0.3, -0.25) is 4.72 Å². The molecule has 3 N–H and O–H groups in total. The summed E-state index contributed by atoms with van der Waals surface area (Å²) in [5, 5.41) is 0. The average Bonchev–Trinajstić information content (AvgIpc) is 2.36. The predicted octanol–water partition coefficient (Wildman–Crippen LogP) is 3.90. The van der Waals surface area contributed by atoms with E-state index >= 15 is 0 Å². The summed E-state index contributed by atoms with van der Waals surface area (Å²) < 4.78 is 28.8. The van der Waals surface area contributed by atoms with E-state index in [1.807, 2.05) is 19.1 Å². The van der Waals surface area contributed by atoms with Crippen molar-refractivity contribution in [3.8, 4) is 0 Å². The highest BCUT2D eigenvalue weighted by atomic mass is 79.9. The highest BCUT2D eigenvalue weighted by Gasteiger charge is 2.19. The molecule has 0 fully saturated rings. The third-order valence-electron chi connectivity index (χ3n) is 2.71. The second-order valence-electron chi connectivity index (χ2n) is 4.25. The molecule has 2 aromatic rings. The van der Waals surface area contributed by atoms with Crippen LogP contribution in [0.25, 0.3) is 0 Å². The third-order valence-corrected chi connectivity index (χ3v) is 5.12. The molecule has 0 aliphatic rings. The number of rotatable bonds is 3. The fourth-order valence-corrected chi connectivity index (χ4v) is 3.80. The van der Waals surface area contributed by atoms with Gasteiger partial charge in [0.15, 0.2) is 0 Å². The van der Waals surface area contributed by atoms with Gasteiger partial charge in [-0.1, -0.05) is 37.9 Å². The van der Waals surface area contributed by atoms with E-state index in [1.165, 1.54) is 6.07 Å². The third kappa shape index (κ3) is 3.34. The lowest BCUT2D eigenvalue weighted by Gasteiger charge is -2.12. The van der Waals surface area contributed by atoms with Crippen LogP contribution < -0.4 is 10.5 Å². The Balaban J connectivity index is 2.46. The Labute approximate surface area is 134 Å². The van der Waals surface area contributed by atoms with Gasteiger partial charge in [-0.25, -0.2) is 8.42 Å². The lowest BCUT2D eigenvalue weighted by atomic mass is 10.2. The summed E-state index contributed by atoms with van der Waals surface area (Å²) in [6.45, 7) is 1.83. The Hall–Kier alpha value is -1.05. The number of halogens is 2. The quantitative estimate of drug-likeness (QED) is 0.741. The molecule has 0 radical (unpaired) electrons. The van der Waals surface area contributed by atoms with Gasteiger partial charge in [0.1, 0.15) is 4.90 Å². The molecule has 0 aromatic heterocycles. The van der Waals surface area contributed by atoms with Crippen LogP contribution in [0.2, 0.25) is 0 Å². The Morgan fingerprint density at radius 1 is 1.05 bits per heavy atom. The van der Waals surface area contributed by atoms with Gasteiger partial charge < -0.3 is 5.73 Å². The number of nitrogens with two attached hydrogens (primary N) is 1.